The molecule has 1 fully saturated rings. The standard InChI is InChI=1S/C22H29N7O6/c1-34-13-4-2-12(3-5-13)8-28(7-6-14(23)22(32)33)9-15-17(30)18(31)21(35-15)29-11-27-16-19(24)25-10-26-20(16)29/h2-5,10-11,14-15,17-18,21,30-31H,6-9,23H2,1H3,(H,32,33)(H2,24,25,26)/t14-,15+,17+,18+,21+/m0/s1. The Kier molecular flexibility index (Phi) is 7.42. The Bertz CT molecular complexity index is 1160. The number of benzene rings is 1. The normalized spacial score (nSPS) is 23.1. The zero-order chi connectivity index (χ0) is 25.1. The van der Waals surface area contributed by atoms with Crippen LogP contribution in [0.2, 0.25) is 0 Å². The van der Waals surface area contributed by atoms with E-state index < -0.39 is 36.6 Å². The van der Waals surface area contributed by atoms with Crippen LogP contribution in [0.5, 0.6) is 5.75 Å². The molecular weight excluding hydrogens is 458 g/mol. The molecule has 1 aliphatic rings. The number of aliphatic carboxylic acids is 1. The second-order valence-corrected chi connectivity index (χ2v) is 8.45. The number of carbonyl (C=O) groups is 1. The predicted molar refractivity (Wildman–Crippen MR) is 124 cm³/mol. The lowest BCUT2D eigenvalue weighted by Gasteiger charge is -2.27. The van der Waals surface area contributed by atoms with Crippen LogP contribution >= 0.6 is 0 Å². The zero-order valence-electron chi connectivity index (χ0n) is 19.1. The van der Waals surface area contributed by atoms with Gasteiger partial charge in [0.2, 0.25) is 0 Å². The minimum atomic E-state index is -1.25. The van der Waals surface area contributed by atoms with Crippen LogP contribution in [0.15, 0.2) is 36.9 Å². The van der Waals surface area contributed by atoms with E-state index in [4.69, 9.17) is 26.0 Å². The quantitative estimate of drug-likeness (QED) is 0.242. The number of hydrogen-bond acceptors (Lipinski definition) is 11. The maximum absolute atomic E-state index is 11.2. The number of rotatable bonds is 10. The van der Waals surface area contributed by atoms with Crippen molar-refractivity contribution >= 4 is 23.0 Å². The van der Waals surface area contributed by atoms with Crippen molar-refractivity contribution in [2.24, 2.45) is 5.73 Å². The van der Waals surface area contributed by atoms with Gasteiger partial charge >= 0.3 is 5.97 Å². The minimum Gasteiger partial charge on any atom is -0.497 e. The van der Waals surface area contributed by atoms with Crippen LogP contribution in [0, 0.1) is 0 Å². The molecule has 7 N–H and O–H groups in total. The van der Waals surface area contributed by atoms with Gasteiger partial charge in [-0.05, 0) is 24.1 Å². The first-order valence-electron chi connectivity index (χ1n) is 11.1. The SMILES string of the molecule is COc1ccc(CN(CC[C@H](N)C(=O)O)C[C@H]2O[C@@H](n3cnc4c(N)ncnc43)[C@H](O)[C@@H]2O)cc1. The van der Waals surface area contributed by atoms with E-state index in [-0.39, 0.29) is 18.8 Å². The molecule has 3 heterocycles. The van der Waals surface area contributed by atoms with Gasteiger partial charge in [-0.25, -0.2) is 15.0 Å². The molecule has 1 aliphatic heterocycles. The summed E-state index contributed by atoms with van der Waals surface area (Å²) in [5.41, 5.74) is 13.2. The molecule has 2 aromatic heterocycles. The summed E-state index contributed by atoms with van der Waals surface area (Å²) in [5, 5.41) is 30.7. The van der Waals surface area contributed by atoms with Gasteiger partial charge in [0.1, 0.15) is 41.9 Å². The summed E-state index contributed by atoms with van der Waals surface area (Å²) in [7, 11) is 1.58. The highest BCUT2D eigenvalue weighted by molar-refractivity contribution is 5.81. The summed E-state index contributed by atoms with van der Waals surface area (Å²) in [5.74, 6) is -0.181. The van der Waals surface area contributed by atoms with Gasteiger partial charge in [0, 0.05) is 19.6 Å². The highest BCUT2D eigenvalue weighted by atomic mass is 16.6. The predicted octanol–water partition coefficient (Wildman–Crippen LogP) is -0.659. The molecule has 1 saturated heterocycles. The number of carboxylic acids is 1. The first-order chi connectivity index (χ1) is 16.8. The molecule has 0 radical (unpaired) electrons. The van der Waals surface area contributed by atoms with Gasteiger partial charge in [0.15, 0.2) is 17.7 Å². The van der Waals surface area contributed by atoms with Crippen molar-refractivity contribution < 1.29 is 29.6 Å². The summed E-state index contributed by atoms with van der Waals surface area (Å²) in [4.78, 5) is 25.4. The molecular formula is C22H29N7O6. The van der Waals surface area contributed by atoms with E-state index in [0.717, 1.165) is 5.56 Å². The first kappa shape index (κ1) is 24.8. The van der Waals surface area contributed by atoms with Crippen LogP contribution < -0.4 is 16.2 Å². The largest absolute Gasteiger partial charge is 0.497 e. The number of ether oxygens (including phenoxy) is 2. The third-order valence-corrected chi connectivity index (χ3v) is 6.08. The Balaban J connectivity index is 1.51. The number of nitrogens with zero attached hydrogens (tertiary/aromatic N) is 5. The van der Waals surface area contributed by atoms with Crippen LogP contribution in [0.3, 0.4) is 0 Å². The summed E-state index contributed by atoms with van der Waals surface area (Å²) in [6.07, 6.45) is -1.26. The van der Waals surface area contributed by atoms with Gasteiger partial charge in [-0.15, -0.1) is 0 Å². The number of nitrogens with two attached hydrogens (primary N) is 2. The van der Waals surface area contributed by atoms with E-state index in [0.29, 0.717) is 30.0 Å². The number of methoxy groups -OCH3 is 1. The molecule has 0 aliphatic carbocycles. The molecule has 188 valence electrons. The average molecular weight is 488 g/mol. The van der Waals surface area contributed by atoms with Crippen molar-refractivity contribution in [3.05, 3.63) is 42.5 Å². The Hall–Kier alpha value is -3.36. The van der Waals surface area contributed by atoms with Gasteiger partial charge < -0.3 is 36.3 Å². The number of aliphatic hydroxyl groups excluding tert-OH is 2. The fourth-order valence-electron chi connectivity index (χ4n) is 4.09. The number of carboxylic acid groups (broad SMARTS) is 1. The number of anilines is 1. The van der Waals surface area contributed by atoms with Crippen LogP contribution in [-0.2, 0) is 16.1 Å². The highest BCUT2D eigenvalue weighted by Gasteiger charge is 2.44. The van der Waals surface area contributed by atoms with E-state index >= 15 is 0 Å². The molecule has 13 heteroatoms. The fourth-order valence-corrected chi connectivity index (χ4v) is 4.09. The molecule has 13 nitrogen and oxygen atoms in total. The molecule has 35 heavy (non-hydrogen) atoms. The van der Waals surface area contributed by atoms with Crippen LogP contribution in [0.1, 0.15) is 18.2 Å². The van der Waals surface area contributed by atoms with Crippen LogP contribution in [0.25, 0.3) is 11.2 Å². The number of aromatic nitrogens is 4. The topological polar surface area (TPSA) is 195 Å². The van der Waals surface area contributed by atoms with Crippen molar-refractivity contribution in [2.75, 3.05) is 25.9 Å². The first-order valence-corrected chi connectivity index (χ1v) is 11.1. The summed E-state index contributed by atoms with van der Waals surface area (Å²) in [6.45, 7) is 1.00. The number of aliphatic hydroxyl groups is 2. The van der Waals surface area contributed by atoms with Gasteiger partial charge in [0.05, 0.1) is 13.4 Å². The third kappa shape index (κ3) is 5.33. The number of hydrogen-bond donors (Lipinski definition) is 5. The molecule has 0 amide bonds. The van der Waals surface area contributed by atoms with Gasteiger partial charge in [-0.1, -0.05) is 12.1 Å². The lowest BCUT2D eigenvalue weighted by atomic mass is 10.1. The van der Waals surface area contributed by atoms with Gasteiger partial charge in [-0.3, -0.25) is 14.3 Å². The molecule has 0 bridgehead atoms. The number of imidazole rings is 1. The smallest absolute Gasteiger partial charge is 0.320 e. The molecule has 4 rings (SSSR count). The molecule has 5 atom stereocenters. The monoisotopic (exact) mass is 487 g/mol. The van der Waals surface area contributed by atoms with E-state index in [2.05, 4.69) is 15.0 Å². The maximum Gasteiger partial charge on any atom is 0.320 e. The summed E-state index contributed by atoms with van der Waals surface area (Å²) < 4.78 is 12.8. The Morgan fingerprint density at radius 3 is 2.66 bits per heavy atom. The third-order valence-electron chi connectivity index (χ3n) is 6.08. The van der Waals surface area contributed by atoms with E-state index in [9.17, 15) is 15.0 Å². The molecule has 3 aromatic rings. The minimum absolute atomic E-state index is 0.193. The van der Waals surface area contributed by atoms with E-state index in [1.54, 1.807) is 7.11 Å². The molecule has 1 aromatic carbocycles. The number of nitrogen functional groups attached to an aromatic ring is 1. The van der Waals surface area contributed by atoms with Crippen molar-refractivity contribution in [3.63, 3.8) is 0 Å². The summed E-state index contributed by atoms with van der Waals surface area (Å²) >= 11 is 0. The Morgan fingerprint density at radius 2 is 1.97 bits per heavy atom. The molecule has 0 spiro atoms. The summed E-state index contributed by atoms with van der Waals surface area (Å²) in [6, 6.07) is 6.43. The van der Waals surface area contributed by atoms with Crippen molar-refractivity contribution in [3.8, 4) is 5.75 Å². The Morgan fingerprint density at radius 1 is 1.23 bits per heavy atom. The van der Waals surface area contributed by atoms with Gasteiger partial charge in [0.25, 0.3) is 0 Å². The molecule has 0 unspecified atom stereocenters. The highest BCUT2D eigenvalue weighted by Crippen LogP contribution is 2.32. The Labute approximate surface area is 200 Å². The average Bonchev–Trinajstić information content (AvgIpc) is 3.40. The lowest BCUT2D eigenvalue weighted by Crippen LogP contribution is -2.42. The van der Waals surface area contributed by atoms with Crippen LogP contribution in [0.4, 0.5) is 5.82 Å². The van der Waals surface area contributed by atoms with Crippen LogP contribution in [-0.4, -0.2) is 90.3 Å². The lowest BCUT2D eigenvalue weighted by molar-refractivity contribution is -0.138. The maximum atomic E-state index is 11.2. The van der Waals surface area contributed by atoms with Crippen molar-refractivity contribution in [1.29, 1.82) is 0 Å². The second kappa shape index (κ2) is 10.5. The van der Waals surface area contributed by atoms with E-state index in [1.165, 1.54) is 17.2 Å². The molecule has 0 saturated carbocycles. The van der Waals surface area contributed by atoms with Gasteiger partial charge in [-0.2, -0.15) is 0 Å². The number of fused-ring (bicyclic) bond motifs is 1. The zero-order valence-corrected chi connectivity index (χ0v) is 19.1. The van der Waals surface area contributed by atoms with Crippen molar-refractivity contribution in [1.82, 2.24) is 24.4 Å². The van der Waals surface area contributed by atoms with E-state index in [1.807, 2.05) is 29.2 Å². The second-order valence-electron chi connectivity index (χ2n) is 8.45. The van der Waals surface area contributed by atoms with Crippen molar-refractivity contribution in [2.45, 2.75) is 43.5 Å². The fraction of sp³-hybridized carbons (Fsp3) is 0.455.